The Balaban J connectivity index is 1.86. The van der Waals surface area contributed by atoms with Crippen LogP contribution in [0.2, 0.25) is 0 Å². The highest BCUT2D eigenvalue weighted by Gasteiger charge is 2.25. The van der Waals surface area contributed by atoms with Crippen LogP contribution in [0.3, 0.4) is 0 Å². The Morgan fingerprint density at radius 2 is 2.25 bits per heavy atom. The number of carbonyl (C=O) groups is 1. The number of hydrogen-bond donors (Lipinski definition) is 0. The summed E-state index contributed by atoms with van der Waals surface area (Å²) in [5.74, 6) is 0.238. The third kappa shape index (κ3) is 4.40. The predicted octanol–water partition coefficient (Wildman–Crippen LogP) is 3.05. The maximum atomic E-state index is 12.2. The summed E-state index contributed by atoms with van der Waals surface area (Å²) < 4.78 is 0.968. The van der Waals surface area contributed by atoms with Crippen LogP contribution in [-0.4, -0.2) is 55.4 Å². The lowest BCUT2D eigenvalue weighted by Crippen LogP contribution is -2.38. The fourth-order valence-electron chi connectivity index (χ4n) is 2.87. The van der Waals surface area contributed by atoms with Crippen LogP contribution < -0.4 is 0 Å². The van der Waals surface area contributed by atoms with Crippen LogP contribution in [0.1, 0.15) is 29.6 Å². The van der Waals surface area contributed by atoms with Gasteiger partial charge in [-0.1, -0.05) is 28.1 Å². The molecule has 20 heavy (non-hydrogen) atoms. The van der Waals surface area contributed by atoms with Crippen molar-refractivity contribution in [3.8, 4) is 0 Å². The lowest BCUT2D eigenvalue weighted by Gasteiger charge is -2.26. The molecule has 0 saturated carbocycles. The normalized spacial score (nSPS) is 19.7. The molecule has 1 aliphatic rings. The molecule has 1 heterocycles. The molecule has 0 bridgehead atoms. The molecule has 3 nitrogen and oxygen atoms in total. The molecule has 4 heteroatoms. The Bertz CT molecular complexity index is 462. The van der Waals surface area contributed by atoms with Crippen LogP contribution in [0.15, 0.2) is 28.7 Å². The molecular formula is C16H23BrN2O. The van der Waals surface area contributed by atoms with E-state index in [9.17, 15) is 4.79 Å². The number of likely N-dealkylation sites (N-methyl/N-ethyl adjacent to an activating group) is 1. The smallest absolute Gasteiger partial charge is 0.164 e. The van der Waals surface area contributed by atoms with E-state index in [0.717, 1.165) is 29.7 Å². The van der Waals surface area contributed by atoms with Crippen LogP contribution >= 0.6 is 15.9 Å². The minimum Gasteiger partial charge on any atom is -0.308 e. The summed E-state index contributed by atoms with van der Waals surface area (Å²) in [6.07, 6.45) is 3.12. The summed E-state index contributed by atoms with van der Waals surface area (Å²) in [4.78, 5) is 16.9. The van der Waals surface area contributed by atoms with Gasteiger partial charge < -0.3 is 4.90 Å². The van der Waals surface area contributed by atoms with E-state index in [4.69, 9.17) is 0 Å². The van der Waals surface area contributed by atoms with Gasteiger partial charge in [-0.15, -0.1) is 0 Å². The second-order valence-corrected chi connectivity index (χ2v) is 6.69. The molecule has 1 fully saturated rings. The summed E-state index contributed by atoms with van der Waals surface area (Å²) in [5.41, 5.74) is 0.808. The molecule has 2 rings (SSSR count). The van der Waals surface area contributed by atoms with E-state index in [1.807, 2.05) is 24.3 Å². The first-order chi connectivity index (χ1) is 9.56. The van der Waals surface area contributed by atoms with E-state index in [0.29, 0.717) is 12.5 Å². The Labute approximate surface area is 130 Å². The molecular weight excluding hydrogens is 316 g/mol. The number of rotatable bonds is 6. The monoisotopic (exact) mass is 338 g/mol. The molecule has 1 aromatic carbocycles. The molecule has 1 unspecified atom stereocenters. The van der Waals surface area contributed by atoms with E-state index in [-0.39, 0.29) is 5.78 Å². The Morgan fingerprint density at radius 3 is 2.95 bits per heavy atom. The van der Waals surface area contributed by atoms with Gasteiger partial charge in [0.2, 0.25) is 0 Å². The molecule has 0 radical (unpaired) electrons. The minimum atomic E-state index is 0.238. The highest BCUT2D eigenvalue weighted by Crippen LogP contribution is 2.19. The van der Waals surface area contributed by atoms with Gasteiger partial charge in [-0.05, 0) is 45.6 Å². The maximum Gasteiger partial charge on any atom is 0.164 e. The third-order valence-corrected chi connectivity index (χ3v) is 4.34. The highest BCUT2D eigenvalue weighted by molar-refractivity contribution is 9.10. The van der Waals surface area contributed by atoms with Gasteiger partial charge in [0, 0.05) is 35.6 Å². The lowest BCUT2D eigenvalue weighted by atomic mass is 10.1. The zero-order chi connectivity index (χ0) is 14.5. The first-order valence-corrected chi connectivity index (χ1v) is 8.03. The number of nitrogens with zero attached hydrogens (tertiary/aromatic N) is 2. The van der Waals surface area contributed by atoms with Crippen molar-refractivity contribution in [2.75, 3.05) is 33.7 Å². The van der Waals surface area contributed by atoms with Crippen LogP contribution in [-0.2, 0) is 0 Å². The largest absolute Gasteiger partial charge is 0.308 e. The number of Topliss-reactive ketones (excluding diaryl/α,β-unsaturated/α-hetero) is 1. The van der Waals surface area contributed by atoms with E-state index >= 15 is 0 Å². The summed E-state index contributed by atoms with van der Waals surface area (Å²) in [6.45, 7) is 3.10. The second kappa shape index (κ2) is 7.34. The number of benzene rings is 1. The third-order valence-electron chi connectivity index (χ3n) is 3.85. The Morgan fingerprint density at radius 1 is 1.45 bits per heavy atom. The van der Waals surface area contributed by atoms with Gasteiger partial charge in [0.15, 0.2) is 5.78 Å². The number of carbonyl (C=O) groups excluding carboxylic acids is 1. The van der Waals surface area contributed by atoms with Crippen molar-refractivity contribution in [2.45, 2.75) is 25.3 Å². The fourth-order valence-corrected chi connectivity index (χ4v) is 3.27. The molecule has 0 N–H and O–H groups in total. The molecule has 110 valence electrons. The Hall–Kier alpha value is -0.710. The fraction of sp³-hybridized carbons (Fsp3) is 0.562. The highest BCUT2D eigenvalue weighted by atomic mass is 79.9. The molecule has 0 amide bonds. The van der Waals surface area contributed by atoms with Crippen molar-refractivity contribution in [3.63, 3.8) is 0 Å². The topological polar surface area (TPSA) is 23.6 Å². The number of likely N-dealkylation sites (tertiary alicyclic amines) is 1. The number of halogens is 1. The van der Waals surface area contributed by atoms with Gasteiger partial charge in [0.25, 0.3) is 0 Å². The van der Waals surface area contributed by atoms with Crippen LogP contribution in [0, 0.1) is 0 Å². The van der Waals surface area contributed by atoms with E-state index in [1.54, 1.807) is 0 Å². The lowest BCUT2D eigenvalue weighted by molar-refractivity contribution is 0.0957. The number of ketones is 1. The van der Waals surface area contributed by atoms with Crippen LogP contribution in [0.25, 0.3) is 0 Å². The van der Waals surface area contributed by atoms with Gasteiger partial charge in [-0.2, -0.15) is 0 Å². The van der Waals surface area contributed by atoms with Crippen molar-refractivity contribution in [1.82, 2.24) is 9.80 Å². The molecule has 1 atom stereocenters. The van der Waals surface area contributed by atoms with Crippen molar-refractivity contribution >= 4 is 21.7 Å². The second-order valence-electron chi connectivity index (χ2n) is 5.78. The maximum absolute atomic E-state index is 12.2. The van der Waals surface area contributed by atoms with Gasteiger partial charge in [-0.3, -0.25) is 9.69 Å². The van der Waals surface area contributed by atoms with Gasteiger partial charge in [0.1, 0.15) is 0 Å². The molecule has 1 aromatic rings. The van der Waals surface area contributed by atoms with Crippen molar-refractivity contribution in [2.24, 2.45) is 0 Å². The predicted molar refractivity (Wildman–Crippen MR) is 86.2 cm³/mol. The first-order valence-electron chi connectivity index (χ1n) is 7.24. The quantitative estimate of drug-likeness (QED) is 0.745. The van der Waals surface area contributed by atoms with Gasteiger partial charge in [0.05, 0.1) is 0 Å². The van der Waals surface area contributed by atoms with Crippen LogP contribution in [0.4, 0.5) is 0 Å². The standard InChI is InChI=1S/C16H23BrN2O/c1-18(2)12-15-7-4-9-19(15)10-8-16(20)13-5-3-6-14(17)11-13/h3,5-6,11,15H,4,7-10,12H2,1-2H3. The Kier molecular flexibility index (Phi) is 5.75. The zero-order valence-electron chi connectivity index (χ0n) is 12.3. The zero-order valence-corrected chi connectivity index (χ0v) is 13.9. The molecule has 1 aliphatic heterocycles. The molecule has 1 saturated heterocycles. The van der Waals surface area contributed by atoms with Crippen LogP contribution in [0.5, 0.6) is 0 Å². The van der Waals surface area contributed by atoms with Crippen molar-refractivity contribution in [3.05, 3.63) is 34.3 Å². The molecule has 0 spiro atoms. The van der Waals surface area contributed by atoms with Gasteiger partial charge in [-0.25, -0.2) is 0 Å². The SMILES string of the molecule is CN(C)CC1CCCN1CCC(=O)c1cccc(Br)c1. The first kappa shape index (κ1) is 15.7. The van der Waals surface area contributed by atoms with E-state index in [2.05, 4.69) is 39.8 Å². The summed E-state index contributed by atoms with van der Waals surface area (Å²) in [5, 5.41) is 0. The molecule has 0 aliphatic carbocycles. The summed E-state index contributed by atoms with van der Waals surface area (Å²) in [6, 6.07) is 8.28. The van der Waals surface area contributed by atoms with E-state index in [1.165, 1.54) is 12.8 Å². The van der Waals surface area contributed by atoms with E-state index < -0.39 is 0 Å². The summed E-state index contributed by atoms with van der Waals surface area (Å²) in [7, 11) is 4.23. The van der Waals surface area contributed by atoms with Gasteiger partial charge >= 0.3 is 0 Å². The number of hydrogen-bond acceptors (Lipinski definition) is 3. The summed E-state index contributed by atoms with van der Waals surface area (Å²) >= 11 is 3.42. The van der Waals surface area contributed by atoms with Crippen molar-refractivity contribution in [1.29, 1.82) is 0 Å². The minimum absolute atomic E-state index is 0.238. The average Bonchev–Trinajstić information content (AvgIpc) is 2.82. The van der Waals surface area contributed by atoms with Crippen molar-refractivity contribution < 1.29 is 4.79 Å². The molecule has 0 aromatic heterocycles. The average molecular weight is 339 g/mol.